The van der Waals surface area contributed by atoms with E-state index < -0.39 is 18.0 Å². The molecule has 0 heterocycles. The summed E-state index contributed by atoms with van der Waals surface area (Å²) in [5.74, 6) is -0.853. The van der Waals surface area contributed by atoms with Crippen LogP contribution in [-0.4, -0.2) is 48.7 Å². The van der Waals surface area contributed by atoms with E-state index in [0.717, 1.165) is 0 Å². The van der Waals surface area contributed by atoms with Crippen molar-refractivity contribution in [2.45, 2.75) is 18.9 Å². The molecule has 0 aromatic heterocycles. The van der Waals surface area contributed by atoms with Gasteiger partial charge < -0.3 is 16.2 Å². The van der Waals surface area contributed by atoms with Crippen molar-refractivity contribution in [3.8, 4) is 0 Å². The van der Waals surface area contributed by atoms with E-state index in [9.17, 15) is 9.59 Å². The Labute approximate surface area is 83.1 Å². The van der Waals surface area contributed by atoms with Crippen molar-refractivity contribution < 1.29 is 14.7 Å². The predicted octanol–water partition coefficient (Wildman–Crippen LogP) is -0.550. The van der Waals surface area contributed by atoms with Gasteiger partial charge in [0, 0.05) is 6.54 Å². The van der Waals surface area contributed by atoms with Gasteiger partial charge in [-0.1, -0.05) is 0 Å². The van der Waals surface area contributed by atoms with Crippen LogP contribution in [0.5, 0.6) is 0 Å². The van der Waals surface area contributed by atoms with Crippen molar-refractivity contribution in [1.82, 2.24) is 10.2 Å². The molecule has 0 spiro atoms. The number of hydrogen-bond donors (Lipinski definition) is 3. The first-order valence-corrected chi connectivity index (χ1v) is 4.37. The van der Waals surface area contributed by atoms with Gasteiger partial charge in [0.1, 0.15) is 6.04 Å². The summed E-state index contributed by atoms with van der Waals surface area (Å²) >= 11 is 0. The summed E-state index contributed by atoms with van der Waals surface area (Å²) in [7, 11) is 3.42. The molecule has 1 atom stereocenters. The number of nitrogens with two attached hydrogens (primary N) is 1. The molecule has 82 valence electrons. The molecule has 0 aliphatic carbocycles. The summed E-state index contributed by atoms with van der Waals surface area (Å²) in [4.78, 5) is 22.6. The molecule has 0 aliphatic heterocycles. The number of aliphatic carboxylic acids is 1. The van der Waals surface area contributed by atoms with E-state index in [1.807, 2.05) is 0 Å². The number of amides is 2. The van der Waals surface area contributed by atoms with Crippen molar-refractivity contribution in [1.29, 1.82) is 0 Å². The molecule has 0 rings (SSSR count). The number of carboxylic acids is 1. The first-order chi connectivity index (χ1) is 6.45. The highest BCUT2D eigenvalue weighted by atomic mass is 16.4. The van der Waals surface area contributed by atoms with Crippen LogP contribution in [0.3, 0.4) is 0 Å². The number of primary amides is 1. The number of carbonyl (C=O) groups excluding carboxylic acids is 1. The highest BCUT2D eigenvalue weighted by Crippen LogP contribution is 2.02. The Kier molecular flexibility index (Phi) is 5.62. The minimum absolute atomic E-state index is 0.410. The fourth-order valence-corrected chi connectivity index (χ4v) is 1.11. The summed E-state index contributed by atoms with van der Waals surface area (Å²) < 4.78 is 0. The van der Waals surface area contributed by atoms with Crippen LogP contribution in [0.4, 0.5) is 4.79 Å². The predicted molar refractivity (Wildman–Crippen MR) is 51.9 cm³/mol. The van der Waals surface area contributed by atoms with E-state index in [2.05, 4.69) is 5.32 Å². The first kappa shape index (κ1) is 12.7. The Bertz CT molecular complexity index is 206. The summed E-state index contributed by atoms with van der Waals surface area (Å²) in [6.07, 6.45) is 1.08. The van der Waals surface area contributed by atoms with Crippen molar-refractivity contribution in [3.05, 3.63) is 0 Å². The fraction of sp³-hybridized carbons (Fsp3) is 0.750. The minimum atomic E-state index is -0.853. The van der Waals surface area contributed by atoms with Gasteiger partial charge in [0.15, 0.2) is 0 Å². The lowest BCUT2D eigenvalue weighted by Crippen LogP contribution is -2.37. The number of urea groups is 1. The first-order valence-electron chi connectivity index (χ1n) is 4.37. The number of likely N-dealkylation sites (N-methyl/N-ethyl adjacent to an activating group) is 1. The molecule has 0 unspecified atom stereocenters. The maximum absolute atomic E-state index is 10.7. The number of hydrogen-bond acceptors (Lipinski definition) is 3. The number of nitrogens with one attached hydrogen (secondary N) is 1. The fourth-order valence-electron chi connectivity index (χ4n) is 1.11. The number of carboxylic acid groups (broad SMARTS) is 1. The van der Waals surface area contributed by atoms with Gasteiger partial charge in [-0.25, -0.2) is 4.79 Å². The Morgan fingerprint density at radius 2 is 2.07 bits per heavy atom. The quantitative estimate of drug-likeness (QED) is 0.505. The third kappa shape index (κ3) is 5.36. The Morgan fingerprint density at radius 1 is 1.50 bits per heavy atom. The molecular formula is C8H17N3O3. The molecule has 6 nitrogen and oxygen atoms in total. The Balaban J connectivity index is 3.73. The zero-order valence-electron chi connectivity index (χ0n) is 8.49. The van der Waals surface area contributed by atoms with Crippen LogP contribution in [-0.2, 0) is 4.79 Å². The highest BCUT2D eigenvalue weighted by molar-refractivity contribution is 5.73. The highest BCUT2D eigenvalue weighted by Gasteiger charge is 2.18. The molecule has 0 aliphatic rings. The summed E-state index contributed by atoms with van der Waals surface area (Å²) in [6, 6.07) is -1.09. The van der Waals surface area contributed by atoms with Crippen LogP contribution in [0.2, 0.25) is 0 Å². The topological polar surface area (TPSA) is 95.7 Å². The van der Waals surface area contributed by atoms with Gasteiger partial charge in [-0.05, 0) is 26.9 Å². The average molecular weight is 203 g/mol. The van der Waals surface area contributed by atoms with Crippen molar-refractivity contribution in [3.63, 3.8) is 0 Å². The Hall–Kier alpha value is -1.30. The van der Waals surface area contributed by atoms with Crippen molar-refractivity contribution in [2.24, 2.45) is 5.73 Å². The van der Waals surface area contributed by atoms with E-state index >= 15 is 0 Å². The maximum Gasteiger partial charge on any atom is 0.320 e. The Morgan fingerprint density at radius 3 is 2.43 bits per heavy atom. The molecule has 6 heteroatoms. The van der Waals surface area contributed by atoms with E-state index in [0.29, 0.717) is 19.4 Å². The molecule has 0 saturated heterocycles. The normalized spacial score (nSPS) is 12.5. The standard InChI is InChI=1S/C8H17N3O3/c1-11(2)6(7(12)13)4-3-5-10-8(9)14/h6H,3-5H2,1-2H3,(H,12,13)(H3,9,10,14)/t6-/m0/s1. The van der Waals surface area contributed by atoms with E-state index in [1.54, 1.807) is 19.0 Å². The molecule has 0 aromatic carbocycles. The molecule has 0 radical (unpaired) electrons. The van der Waals surface area contributed by atoms with Crippen LogP contribution < -0.4 is 11.1 Å². The minimum Gasteiger partial charge on any atom is -0.480 e. The van der Waals surface area contributed by atoms with Gasteiger partial charge in [0.2, 0.25) is 0 Å². The van der Waals surface area contributed by atoms with Crippen LogP contribution in [0.25, 0.3) is 0 Å². The smallest absolute Gasteiger partial charge is 0.320 e. The largest absolute Gasteiger partial charge is 0.480 e. The molecule has 0 aromatic rings. The van der Waals surface area contributed by atoms with Crippen LogP contribution in [0.15, 0.2) is 0 Å². The lowest BCUT2D eigenvalue weighted by atomic mass is 10.1. The summed E-state index contributed by atoms with van der Waals surface area (Å²) in [5.41, 5.74) is 4.85. The van der Waals surface area contributed by atoms with E-state index in [1.165, 1.54) is 0 Å². The second kappa shape index (κ2) is 6.20. The zero-order chi connectivity index (χ0) is 11.1. The van der Waals surface area contributed by atoms with Gasteiger partial charge in [-0.3, -0.25) is 9.69 Å². The monoisotopic (exact) mass is 203 g/mol. The molecular weight excluding hydrogens is 186 g/mol. The zero-order valence-corrected chi connectivity index (χ0v) is 8.49. The summed E-state index contributed by atoms with van der Waals surface area (Å²) in [6.45, 7) is 0.410. The van der Waals surface area contributed by atoms with Crippen LogP contribution in [0, 0.1) is 0 Å². The van der Waals surface area contributed by atoms with Gasteiger partial charge in [-0.2, -0.15) is 0 Å². The lowest BCUT2D eigenvalue weighted by Gasteiger charge is -2.19. The lowest BCUT2D eigenvalue weighted by molar-refractivity contribution is -0.142. The molecule has 4 N–H and O–H groups in total. The van der Waals surface area contributed by atoms with Gasteiger partial charge in [-0.15, -0.1) is 0 Å². The third-order valence-corrected chi connectivity index (χ3v) is 1.86. The van der Waals surface area contributed by atoms with E-state index in [-0.39, 0.29) is 0 Å². The SMILES string of the molecule is CN(C)[C@@H](CCCNC(N)=O)C(=O)O. The number of carbonyl (C=O) groups is 2. The van der Waals surface area contributed by atoms with Crippen LogP contribution >= 0.6 is 0 Å². The molecule has 0 saturated carbocycles. The van der Waals surface area contributed by atoms with Gasteiger partial charge >= 0.3 is 12.0 Å². The van der Waals surface area contributed by atoms with Crippen molar-refractivity contribution >= 4 is 12.0 Å². The molecule has 0 fully saturated rings. The van der Waals surface area contributed by atoms with Crippen LogP contribution in [0.1, 0.15) is 12.8 Å². The van der Waals surface area contributed by atoms with Crippen molar-refractivity contribution in [2.75, 3.05) is 20.6 Å². The second-order valence-corrected chi connectivity index (χ2v) is 3.25. The third-order valence-electron chi connectivity index (χ3n) is 1.86. The maximum atomic E-state index is 10.7. The molecule has 2 amide bonds. The number of nitrogens with zero attached hydrogens (tertiary/aromatic N) is 1. The average Bonchev–Trinajstić information content (AvgIpc) is 2.01. The molecule has 14 heavy (non-hydrogen) atoms. The number of rotatable bonds is 6. The van der Waals surface area contributed by atoms with Gasteiger partial charge in [0.05, 0.1) is 0 Å². The van der Waals surface area contributed by atoms with E-state index in [4.69, 9.17) is 10.8 Å². The second-order valence-electron chi connectivity index (χ2n) is 3.25. The van der Waals surface area contributed by atoms with Gasteiger partial charge in [0.25, 0.3) is 0 Å². The summed E-state index contributed by atoms with van der Waals surface area (Å²) in [5, 5.41) is 11.2. The molecule has 0 bridgehead atoms.